The van der Waals surface area contributed by atoms with Crippen LogP contribution in [0.1, 0.15) is 13.8 Å². The molecule has 0 amide bonds. The molecule has 0 spiro atoms. The Morgan fingerprint density at radius 2 is 2.00 bits per heavy atom. The minimum Gasteiger partial charge on any atom is -0.454 e. The number of ether oxygens (including phenoxy) is 2. The fourth-order valence-corrected chi connectivity index (χ4v) is 2.06. The highest BCUT2D eigenvalue weighted by Crippen LogP contribution is 2.34. The third-order valence-corrected chi connectivity index (χ3v) is 3.03. The Labute approximate surface area is 107 Å². The molecule has 0 radical (unpaired) electrons. The summed E-state index contributed by atoms with van der Waals surface area (Å²) in [5.41, 5.74) is 0.922. The second kappa shape index (κ2) is 5.23. The van der Waals surface area contributed by atoms with Gasteiger partial charge in [-0.25, -0.2) is 0 Å². The van der Waals surface area contributed by atoms with Crippen LogP contribution in [0.2, 0.25) is 0 Å². The zero-order valence-electron chi connectivity index (χ0n) is 10.0. The maximum atomic E-state index is 5.33. The Bertz CT molecular complexity index is 419. The van der Waals surface area contributed by atoms with E-state index in [1.165, 1.54) is 0 Å². The third-order valence-electron chi connectivity index (χ3n) is 2.67. The molecule has 0 aromatic heterocycles. The van der Waals surface area contributed by atoms with Crippen LogP contribution in [-0.4, -0.2) is 29.9 Å². The molecule has 4 nitrogen and oxygen atoms in total. The fourth-order valence-electron chi connectivity index (χ4n) is 1.69. The number of thiocarbonyl (C=S) groups is 1. The van der Waals surface area contributed by atoms with E-state index in [0.717, 1.165) is 35.4 Å². The van der Waals surface area contributed by atoms with Gasteiger partial charge in [0.25, 0.3) is 0 Å². The number of hydrogen-bond donors (Lipinski definition) is 1. The quantitative estimate of drug-likeness (QED) is 0.836. The van der Waals surface area contributed by atoms with E-state index in [1.807, 2.05) is 18.2 Å². The highest BCUT2D eigenvalue weighted by atomic mass is 32.1. The summed E-state index contributed by atoms with van der Waals surface area (Å²) >= 11 is 5.33. The normalized spacial score (nSPS) is 12.4. The number of rotatable bonds is 3. The molecule has 0 bridgehead atoms. The standard InChI is InChI=1S/C12H16N2O2S/c1-3-14(4-2)12(17)13-9-5-6-10-11(7-9)16-8-15-10/h5-7H,3-4,8H2,1-2H3,(H,13,17). The van der Waals surface area contributed by atoms with Crippen LogP contribution in [0.25, 0.3) is 0 Å². The number of anilines is 1. The molecule has 92 valence electrons. The van der Waals surface area contributed by atoms with Gasteiger partial charge in [0.15, 0.2) is 16.6 Å². The van der Waals surface area contributed by atoms with Crippen molar-refractivity contribution in [3.05, 3.63) is 18.2 Å². The molecule has 0 fully saturated rings. The first-order valence-electron chi connectivity index (χ1n) is 5.70. The first-order chi connectivity index (χ1) is 8.24. The van der Waals surface area contributed by atoms with Crippen molar-refractivity contribution in [2.75, 3.05) is 25.2 Å². The lowest BCUT2D eigenvalue weighted by Crippen LogP contribution is -2.34. The van der Waals surface area contributed by atoms with Crippen LogP contribution < -0.4 is 14.8 Å². The minimum atomic E-state index is 0.291. The molecule has 1 aromatic rings. The summed E-state index contributed by atoms with van der Waals surface area (Å²) in [6.45, 7) is 6.24. The van der Waals surface area contributed by atoms with Crippen molar-refractivity contribution >= 4 is 23.0 Å². The summed E-state index contributed by atoms with van der Waals surface area (Å²) in [5.74, 6) is 1.54. The predicted molar refractivity (Wildman–Crippen MR) is 71.7 cm³/mol. The largest absolute Gasteiger partial charge is 0.454 e. The van der Waals surface area contributed by atoms with Crippen molar-refractivity contribution in [3.63, 3.8) is 0 Å². The van der Waals surface area contributed by atoms with E-state index in [-0.39, 0.29) is 0 Å². The number of fused-ring (bicyclic) bond motifs is 1. The second-order valence-corrected chi connectivity index (χ2v) is 4.06. The van der Waals surface area contributed by atoms with Gasteiger partial charge >= 0.3 is 0 Å². The maximum absolute atomic E-state index is 5.33. The van der Waals surface area contributed by atoms with Gasteiger partial charge in [0.1, 0.15) is 0 Å². The van der Waals surface area contributed by atoms with Gasteiger partial charge in [0.05, 0.1) is 0 Å². The number of nitrogens with zero attached hydrogens (tertiary/aromatic N) is 1. The van der Waals surface area contributed by atoms with Gasteiger partial charge in [-0.3, -0.25) is 0 Å². The van der Waals surface area contributed by atoms with E-state index in [0.29, 0.717) is 6.79 Å². The molecule has 1 aromatic carbocycles. The average Bonchev–Trinajstić information content (AvgIpc) is 2.77. The monoisotopic (exact) mass is 252 g/mol. The van der Waals surface area contributed by atoms with Gasteiger partial charge in [-0.15, -0.1) is 0 Å². The molecule has 0 unspecified atom stereocenters. The smallest absolute Gasteiger partial charge is 0.231 e. The molecule has 1 aliphatic heterocycles. The summed E-state index contributed by atoms with van der Waals surface area (Å²) in [6, 6.07) is 5.72. The highest BCUT2D eigenvalue weighted by molar-refractivity contribution is 7.80. The second-order valence-electron chi connectivity index (χ2n) is 3.67. The number of nitrogens with one attached hydrogen (secondary N) is 1. The summed E-state index contributed by atoms with van der Waals surface area (Å²) < 4.78 is 10.6. The van der Waals surface area contributed by atoms with E-state index in [4.69, 9.17) is 21.7 Å². The minimum absolute atomic E-state index is 0.291. The molecule has 0 aliphatic carbocycles. The zero-order valence-corrected chi connectivity index (χ0v) is 10.8. The SMILES string of the molecule is CCN(CC)C(=S)Nc1ccc2c(c1)OCO2. The van der Waals surface area contributed by atoms with Crippen LogP contribution in [0.3, 0.4) is 0 Å². The van der Waals surface area contributed by atoms with Crippen molar-refractivity contribution in [3.8, 4) is 11.5 Å². The van der Waals surface area contributed by atoms with Gasteiger partial charge in [-0.2, -0.15) is 0 Å². The molecule has 1 N–H and O–H groups in total. The van der Waals surface area contributed by atoms with Crippen LogP contribution in [0.5, 0.6) is 11.5 Å². The van der Waals surface area contributed by atoms with Gasteiger partial charge in [-0.05, 0) is 38.2 Å². The molecule has 0 saturated carbocycles. The van der Waals surface area contributed by atoms with Crippen molar-refractivity contribution in [1.29, 1.82) is 0 Å². The van der Waals surface area contributed by atoms with Gasteiger partial charge < -0.3 is 19.7 Å². The molecule has 0 atom stereocenters. The topological polar surface area (TPSA) is 33.7 Å². The summed E-state index contributed by atoms with van der Waals surface area (Å²) in [4.78, 5) is 2.08. The first-order valence-corrected chi connectivity index (χ1v) is 6.11. The summed E-state index contributed by atoms with van der Waals surface area (Å²) in [5, 5.41) is 3.93. The van der Waals surface area contributed by atoms with E-state index >= 15 is 0 Å². The van der Waals surface area contributed by atoms with E-state index < -0.39 is 0 Å². The summed E-state index contributed by atoms with van der Waals surface area (Å²) in [7, 11) is 0. The Morgan fingerprint density at radius 1 is 1.29 bits per heavy atom. The lowest BCUT2D eigenvalue weighted by molar-refractivity contribution is 0.174. The first kappa shape index (κ1) is 12.0. The van der Waals surface area contributed by atoms with Gasteiger partial charge in [0, 0.05) is 24.8 Å². The van der Waals surface area contributed by atoms with Crippen molar-refractivity contribution < 1.29 is 9.47 Å². The zero-order chi connectivity index (χ0) is 12.3. The number of benzene rings is 1. The van der Waals surface area contributed by atoms with E-state index in [1.54, 1.807) is 0 Å². The Hall–Kier alpha value is -1.49. The van der Waals surface area contributed by atoms with Crippen molar-refractivity contribution in [2.45, 2.75) is 13.8 Å². The van der Waals surface area contributed by atoms with E-state index in [9.17, 15) is 0 Å². The van der Waals surface area contributed by atoms with Crippen LogP contribution >= 0.6 is 12.2 Å². The van der Waals surface area contributed by atoms with Crippen LogP contribution in [0, 0.1) is 0 Å². The lowest BCUT2D eigenvalue weighted by atomic mass is 10.3. The number of hydrogen-bond acceptors (Lipinski definition) is 3. The molecule has 0 saturated heterocycles. The Morgan fingerprint density at radius 3 is 2.71 bits per heavy atom. The van der Waals surface area contributed by atoms with Crippen molar-refractivity contribution in [2.24, 2.45) is 0 Å². The van der Waals surface area contributed by atoms with E-state index in [2.05, 4.69) is 24.1 Å². The molecular formula is C12H16N2O2S. The molecule has 1 heterocycles. The summed E-state index contributed by atoms with van der Waals surface area (Å²) in [6.07, 6.45) is 0. The predicted octanol–water partition coefficient (Wildman–Crippen LogP) is 2.45. The Kier molecular flexibility index (Phi) is 3.68. The van der Waals surface area contributed by atoms with Crippen molar-refractivity contribution in [1.82, 2.24) is 4.90 Å². The molecule has 17 heavy (non-hydrogen) atoms. The van der Waals surface area contributed by atoms with Crippen LogP contribution in [0.15, 0.2) is 18.2 Å². The van der Waals surface area contributed by atoms with Crippen LogP contribution in [0.4, 0.5) is 5.69 Å². The third kappa shape index (κ3) is 2.61. The molecule has 5 heteroatoms. The van der Waals surface area contributed by atoms with Gasteiger partial charge in [-0.1, -0.05) is 0 Å². The fraction of sp³-hybridized carbons (Fsp3) is 0.417. The molecular weight excluding hydrogens is 236 g/mol. The van der Waals surface area contributed by atoms with Gasteiger partial charge in [0.2, 0.25) is 6.79 Å². The van der Waals surface area contributed by atoms with Crippen LogP contribution in [-0.2, 0) is 0 Å². The molecule has 2 rings (SSSR count). The highest BCUT2D eigenvalue weighted by Gasteiger charge is 2.14. The Balaban J connectivity index is 2.06. The maximum Gasteiger partial charge on any atom is 0.231 e. The molecule has 1 aliphatic rings. The average molecular weight is 252 g/mol. The lowest BCUT2D eigenvalue weighted by Gasteiger charge is -2.22.